The van der Waals surface area contributed by atoms with Crippen LogP contribution in [0.5, 0.6) is 17.2 Å². The quantitative estimate of drug-likeness (QED) is 0.175. The number of aliphatic hydroxyl groups excluding tert-OH is 6. The molecular weight excluding hydrogens is 548 g/mol. The van der Waals surface area contributed by atoms with E-state index in [1.807, 2.05) is 0 Å². The molecule has 222 valence electrons. The third-order valence-electron chi connectivity index (χ3n) is 7.40. The number of benzene rings is 2. The van der Waals surface area contributed by atoms with Crippen molar-refractivity contribution in [2.24, 2.45) is 0 Å². The molecule has 3 aromatic rings. The molecule has 0 radical (unpaired) electrons. The highest BCUT2D eigenvalue weighted by Crippen LogP contribution is 2.45. The number of phenolic OH excluding ortho intramolecular Hbond substituents is 3. The molecule has 0 amide bonds. The van der Waals surface area contributed by atoms with Crippen LogP contribution in [0.4, 0.5) is 0 Å². The van der Waals surface area contributed by atoms with Crippen molar-refractivity contribution in [1.29, 1.82) is 0 Å². The zero-order valence-corrected chi connectivity index (χ0v) is 21.5. The van der Waals surface area contributed by atoms with Crippen LogP contribution in [0.1, 0.15) is 18.6 Å². The van der Waals surface area contributed by atoms with Gasteiger partial charge in [-0.25, -0.2) is 0 Å². The number of hydrogen-bond acceptors (Lipinski definition) is 14. The molecule has 10 atom stereocenters. The molecule has 5 rings (SSSR count). The zero-order valence-electron chi connectivity index (χ0n) is 21.5. The first kappa shape index (κ1) is 29.2. The summed E-state index contributed by atoms with van der Waals surface area (Å²) in [5, 5.41) is 93.0. The number of aliphatic hydroxyl groups is 6. The van der Waals surface area contributed by atoms with Crippen LogP contribution in [0.25, 0.3) is 22.3 Å². The van der Waals surface area contributed by atoms with Crippen LogP contribution in [0.3, 0.4) is 0 Å². The topological polar surface area (TPSA) is 240 Å². The van der Waals surface area contributed by atoms with Crippen LogP contribution in [-0.2, 0) is 14.2 Å². The smallest absolute Gasteiger partial charge is 0.197 e. The lowest BCUT2D eigenvalue weighted by Gasteiger charge is -2.46. The molecule has 0 aliphatic carbocycles. The number of ether oxygens (including phenoxy) is 3. The summed E-state index contributed by atoms with van der Waals surface area (Å²) in [6.45, 7) is 0.613. The first-order chi connectivity index (χ1) is 19.4. The predicted octanol–water partition coefficient (Wildman–Crippen LogP) is -1.06. The van der Waals surface area contributed by atoms with Gasteiger partial charge in [0, 0.05) is 17.7 Å². The van der Waals surface area contributed by atoms with Crippen molar-refractivity contribution in [2.45, 2.75) is 68.1 Å². The molecule has 2 aliphatic rings. The van der Waals surface area contributed by atoms with Crippen LogP contribution < -0.4 is 5.43 Å². The summed E-state index contributed by atoms with van der Waals surface area (Å²) in [4.78, 5) is 13.1. The van der Waals surface area contributed by atoms with E-state index in [2.05, 4.69) is 0 Å². The van der Waals surface area contributed by atoms with E-state index in [-0.39, 0.29) is 28.0 Å². The van der Waals surface area contributed by atoms with E-state index in [0.29, 0.717) is 5.56 Å². The molecule has 2 aromatic carbocycles. The summed E-state index contributed by atoms with van der Waals surface area (Å²) in [7, 11) is 0. The Labute approximate surface area is 231 Å². The molecule has 1 aromatic heterocycles. The average molecular weight is 579 g/mol. The molecule has 0 saturated carbocycles. The number of phenols is 3. The lowest BCUT2D eigenvalue weighted by atomic mass is 9.89. The van der Waals surface area contributed by atoms with Crippen LogP contribution in [-0.4, -0.2) is 108 Å². The van der Waals surface area contributed by atoms with Crippen molar-refractivity contribution >= 4 is 11.0 Å². The molecule has 0 unspecified atom stereocenters. The van der Waals surface area contributed by atoms with E-state index in [9.17, 15) is 50.8 Å². The van der Waals surface area contributed by atoms with Gasteiger partial charge >= 0.3 is 0 Å². The maximum atomic E-state index is 13.1. The van der Waals surface area contributed by atoms with Gasteiger partial charge < -0.3 is 64.6 Å². The molecule has 41 heavy (non-hydrogen) atoms. The van der Waals surface area contributed by atoms with Crippen LogP contribution in [0.15, 0.2) is 45.6 Å². The first-order valence-corrected chi connectivity index (χ1v) is 12.7. The van der Waals surface area contributed by atoms with Crippen LogP contribution in [0, 0.1) is 0 Å². The SMILES string of the molecule is C[C@H]1O[C@@H](O[C@H]2[C@@H](O)[C@H](O)[C@@H](CO)O[C@H]2c2c(O)cc(O)c3c(=O)cc(-c4ccc(O)cc4)oc23)[C@H](O)[C@H](O)[C@H]1O. The van der Waals surface area contributed by atoms with Gasteiger partial charge in [0.25, 0.3) is 0 Å². The van der Waals surface area contributed by atoms with Gasteiger partial charge in [-0.2, -0.15) is 0 Å². The van der Waals surface area contributed by atoms with Crippen LogP contribution >= 0.6 is 0 Å². The second kappa shape index (κ2) is 11.2. The minimum absolute atomic E-state index is 0.0294. The highest BCUT2D eigenvalue weighted by molar-refractivity contribution is 5.89. The minimum atomic E-state index is -1.85. The van der Waals surface area contributed by atoms with E-state index in [1.54, 1.807) is 0 Å². The summed E-state index contributed by atoms with van der Waals surface area (Å²) in [6.07, 6.45) is -16.0. The Morgan fingerprint density at radius 1 is 0.829 bits per heavy atom. The van der Waals surface area contributed by atoms with E-state index < -0.39 is 84.8 Å². The fourth-order valence-corrected chi connectivity index (χ4v) is 5.12. The standard InChI is InChI=1S/C27H30O14/c1-9-19(33)21(35)23(37)27(38-9)41-26-22(36)20(34)16(8-28)40-25(26)18-13(31)6-12(30)17-14(32)7-15(39-24(17)18)10-2-4-11(29)5-3-10/h2-7,9,16,19-23,25-31,33-37H,8H2,1H3/t9-,16-,19+,20-,21-,22+,23-,25+,26+,27+/m1/s1. The maximum Gasteiger partial charge on any atom is 0.197 e. The lowest BCUT2D eigenvalue weighted by molar-refractivity contribution is -0.338. The van der Waals surface area contributed by atoms with Crippen molar-refractivity contribution in [3.8, 4) is 28.6 Å². The van der Waals surface area contributed by atoms with E-state index in [0.717, 1.165) is 12.1 Å². The third kappa shape index (κ3) is 5.14. The minimum Gasteiger partial charge on any atom is -0.508 e. The van der Waals surface area contributed by atoms with Gasteiger partial charge in [-0.1, -0.05) is 0 Å². The third-order valence-corrected chi connectivity index (χ3v) is 7.40. The Bertz CT molecular complexity index is 1460. The van der Waals surface area contributed by atoms with Gasteiger partial charge in [0.1, 0.15) is 77.2 Å². The highest BCUT2D eigenvalue weighted by Gasteiger charge is 2.51. The Kier molecular flexibility index (Phi) is 7.95. The van der Waals surface area contributed by atoms with Crippen molar-refractivity contribution in [2.75, 3.05) is 6.61 Å². The molecule has 0 spiro atoms. The fraction of sp³-hybridized carbons (Fsp3) is 0.444. The van der Waals surface area contributed by atoms with Gasteiger partial charge in [0.2, 0.25) is 0 Å². The molecule has 2 fully saturated rings. The molecule has 3 heterocycles. The summed E-state index contributed by atoms with van der Waals surface area (Å²) in [6, 6.07) is 7.53. The molecule has 9 N–H and O–H groups in total. The Morgan fingerprint density at radius 2 is 1.51 bits per heavy atom. The monoisotopic (exact) mass is 578 g/mol. The summed E-state index contributed by atoms with van der Waals surface area (Å²) < 4.78 is 23.0. The van der Waals surface area contributed by atoms with E-state index >= 15 is 0 Å². The molecule has 0 bridgehead atoms. The molecule has 2 saturated heterocycles. The number of aromatic hydroxyl groups is 3. The van der Waals surface area contributed by atoms with Gasteiger partial charge in [0.05, 0.1) is 18.3 Å². The molecule has 14 heteroatoms. The first-order valence-electron chi connectivity index (χ1n) is 12.7. The molecule has 2 aliphatic heterocycles. The summed E-state index contributed by atoms with van der Waals surface area (Å²) in [5.74, 6) is -1.39. The van der Waals surface area contributed by atoms with Crippen molar-refractivity contribution in [1.82, 2.24) is 0 Å². The molecular formula is C27H30O14. The maximum absolute atomic E-state index is 13.1. The van der Waals surface area contributed by atoms with Gasteiger partial charge in [-0.15, -0.1) is 0 Å². The number of rotatable bonds is 5. The Morgan fingerprint density at radius 3 is 2.17 bits per heavy atom. The molecule has 14 nitrogen and oxygen atoms in total. The highest BCUT2D eigenvalue weighted by atomic mass is 16.7. The second-order valence-corrected chi connectivity index (χ2v) is 10.1. The Hall–Kier alpha value is -3.31. The largest absolute Gasteiger partial charge is 0.508 e. The fourth-order valence-electron chi connectivity index (χ4n) is 5.12. The normalized spacial score (nSPS) is 34.1. The van der Waals surface area contributed by atoms with Crippen molar-refractivity contribution in [3.63, 3.8) is 0 Å². The van der Waals surface area contributed by atoms with Crippen molar-refractivity contribution in [3.05, 3.63) is 52.2 Å². The lowest BCUT2D eigenvalue weighted by Crippen LogP contribution is -2.61. The van der Waals surface area contributed by atoms with Crippen molar-refractivity contribution < 1.29 is 64.6 Å². The summed E-state index contributed by atoms with van der Waals surface area (Å²) >= 11 is 0. The summed E-state index contributed by atoms with van der Waals surface area (Å²) in [5.41, 5.74) is -1.08. The van der Waals surface area contributed by atoms with Gasteiger partial charge in [-0.3, -0.25) is 4.79 Å². The number of hydrogen-bond donors (Lipinski definition) is 9. The van der Waals surface area contributed by atoms with Crippen LogP contribution in [0.2, 0.25) is 0 Å². The Balaban J connectivity index is 1.67. The zero-order chi connectivity index (χ0) is 29.7. The number of fused-ring (bicyclic) bond motifs is 1. The predicted molar refractivity (Wildman–Crippen MR) is 137 cm³/mol. The van der Waals surface area contributed by atoms with Gasteiger partial charge in [0.15, 0.2) is 17.3 Å². The van der Waals surface area contributed by atoms with Gasteiger partial charge in [-0.05, 0) is 31.2 Å². The average Bonchev–Trinajstić information content (AvgIpc) is 2.93. The van der Waals surface area contributed by atoms with E-state index in [1.165, 1.54) is 31.2 Å². The van der Waals surface area contributed by atoms with E-state index in [4.69, 9.17) is 18.6 Å². The second-order valence-electron chi connectivity index (χ2n) is 10.1.